The summed E-state index contributed by atoms with van der Waals surface area (Å²) in [4.78, 5) is 22.2. The Kier molecular flexibility index (Phi) is 5.02. The van der Waals surface area contributed by atoms with Gasteiger partial charge in [-0.25, -0.2) is 9.82 Å². The largest absolute Gasteiger partial charge is 0.273 e. The summed E-state index contributed by atoms with van der Waals surface area (Å²) in [6.45, 7) is 1.57. The lowest BCUT2D eigenvalue weighted by molar-refractivity contribution is -0.385. The number of benzene rings is 2. The molecular weight excluding hydrogens is 325 g/mol. The Hall–Kier alpha value is -2.80. The zero-order valence-electron chi connectivity index (χ0n) is 11.9. The summed E-state index contributed by atoms with van der Waals surface area (Å²) in [5.41, 5.74) is 2.54. The van der Waals surface area contributed by atoms with E-state index in [0.717, 1.165) is 12.3 Å². The molecule has 0 aromatic heterocycles. The van der Waals surface area contributed by atoms with Crippen molar-refractivity contribution < 1.29 is 14.1 Å². The number of rotatable bonds is 4. The molecule has 8 heteroatoms. The Labute approximate surface area is 135 Å². The van der Waals surface area contributed by atoms with Gasteiger partial charge in [-0.2, -0.15) is 5.10 Å². The van der Waals surface area contributed by atoms with Gasteiger partial charge in [-0.3, -0.25) is 14.9 Å². The Morgan fingerprint density at radius 1 is 1.39 bits per heavy atom. The molecule has 2 rings (SSSR count). The van der Waals surface area contributed by atoms with E-state index in [4.69, 9.17) is 11.6 Å². The third kappa shape index (κ3) is 3.89. The van der Waals surface area contributed by atoms with Crippen LogP contribution in [0, 0.1) is 22.9 Å². The molecule has 0 saturated heterocycles. The minimum Gasteiger partial charge on any atom is -0.267 e. The van der Waals surface area contributed by atoms with Crippen LogP contribution in [0.2, 0.25) is 5.02 Å². The molecule has 118 valence electrons. The quantitative estimate of drug-likeness (QED) is 0.527. The van der Waals surface area contributed by atoms with Gasteiger partial charge in [0.1, 0.15) is 5.82 Å². The standard InChI is InChI=1S/C15H11ClFN3O3/c1-9-5-6-10(7-14(9)20(22)23)15(21)19-18-8-11-12(16)3-2-4-13(11)17/h2-8H,1H3,(H,19,21)/b18-8+. The SMILES string of the molecule is Cc1ccc(C(=O)N/N=C/c2c(F)cccc2Cl)cc1[N+](=O)[O-]. The number of nitro benzene ring substituents is 1. The van der Waals surface area contributed by atoms with Crippen LogP contribution in [0.4, 0.5) is 10.1 Å². The Morgan fingerprint density at radius 3 is 2.78 bits per heavy atom. The molecule has 2 aromatic rings. The highest BCUT2D eigenvalue weighted by Crippen LogP contribution is 2.19. The van der Waals surface area contributed by atoms with Gasteiger partial charge >= 0.3 is 0 Å². The predicted molar refractivity (Wildman–Crippen MR) is 84.3 cm³/mol. The summed E-state index contributed by atoms with van der Waals surface area (Å²) in [6, 6.07) is 8.18. The van der Waals surface area contributed by atoms with Gasteiger partial charge in [-0.05, 0) is 25.1 Å². The molecule has 0 atom stereocenters. The average Bonchev–Trinajstić information content (AvgIpc) is 2.50. The molecule has 23 heavy (non-hydrogen) atoms. The second-order valence-corrected chi connectivity index (χ2v) is 5.00. The molecule has 0 heterocycles. The number of nitro groups is 1. The minimum absolute atomic E-state index is 0.0318. The normalized spacial score (nSPS) is 10.7. The fourth-order valence-corrected chi connectivity index (χ4v) is 2.01. The van der Waals surface area contributed by atoms with Crippen molar-refractivity contribution in [3.05, 3.63) is 74.0 Å². The second kappa shape index (κ2) is 6.97. The van der Waals surface area contributed by atoms with E-state index in [2.05, 4.69) is 10.5 Å². The van der Waals surface area contributed by atoms with Gasteiger partial charge in [0.05, 0.1) is 16.2 Å². The van der Waals surface area contributed by atoms with Crippen molar-refractivity contribution in [3.8, 4) is 0 Å². The molecule has 0 aliphatic heterocycles. The summed E-state index contributed by atoms with van der Waals surface area (Å²) in [5, 5.41) is 14.6. The molecule has 6 nitrogen and oxygen atoms in total. The van der Waals surface area contributed by atoms with E-state index in [-0.39, 0.29) is 21.8 Å². The topological polar surface area (TPSA) is 84.6 Å². The fraction of sp³-hybridized carbons (Fsp3) is 0.0667. The van der Waals surface area contributed by atoms with Crippen molar-refractivity contribution in [1.29, 1.82) is 0 Å². The van der Waals surface area contributed by atoms with E-state index in [0.29, 0.717) is 5.56 Å². The number of halogens is 2. The Balaban J connectivity index is 2.15. The van der Waals surface area contributed by atoms with Gasteiger partial charge in [-0.1, -0.05) is 23.7 Å². The summed E-state index contributed by atoms with van der Waals surface area (Å²) in [6.07, 6.45) is 1.07. The molecule has 0 radical (unpaired) electrons. The Morgan fingerprint density at radius 2 is 2.13 bits per heavy atom. The zero-order chi connectivity index (χ0) is 17.0. The molecule has 1 amide bonds. The number of hydrazone groups is 1. The molecule has 0 spiro atoms. The predicted octanol–water partition coefficient (Wildman–Crippen LogP) is 3.46. The lowest BCUT2D eigenvalue weighted by atomic mass is 10.1. The van der Waals surface area contributed by atoms with E-state index in [1.807, 2.05) is 0 Å². The number of carbonyl (C=O) groups excluding carboxylic acids is 1. The summed E-state index contributed by atoms with van der Waals surface area (Å²) in [5.74, 6) is -1.24. The maximum atomic E-state index is 13.5. The molecule has 1 N–H and O–H groups in total. The number of nitrogens with one attached hydrogen (secondary N) is 1. The number of hydrogen-bond acceptors (Lipinski definition) is 4. The second-order valence-electron chi connectivity index (χ2n) is 4.59. The van der Waals surface area contributed by atoms with Gasteiger partial charge in [0.25, 0.3) is 11.6 Å². The van der Waals surface area contributed by atoms with Crippen LogP contribution in [-0.4, -0.2) is 17.0 Å². The molecular formula is C15H11ClFN3O3. The molecule has 0 saturated carbocycles. The van der Waals surface area contributed by atoms with Crippen molar-refractivity contribution in [1.82, 2.24) is 5.43 Å². The highest BCUT2D eigenvalue weighted by atomic mass is 35.5. The zero-order valence-corrected chi connectivity index (χ0v) is 12.7. The van der Waals surface area contributed by atoms with E-state index in [1.165, 1.54) is 30.3 Å². The van der Waals surface area contributed by atoms with Crippen LogP contribution >= 0.6 is 11.6 Å². The van der Waals surface area contributed by atoms with Gasteiger partial charge in [-0.15, -0.1) is 0 Å². The summed E-state index contributed by atoms with van der Waals surface area (Å²) in [7, 11) is 0. The number of nitrogens with zero attached hydrogens (tertiary/aromatic N) is 2. The van der Waals surface area contributed by atoms with Crippen LogP contribution in [-0.2, 0) is 0 Å². The van der Waals surface area contributed by atoms with Crippen LogP contribution in [0.3, 0.4) is 0 Å². The van der Waals surface area contributed by atoms with E-state index < -0.39 is 16.6 Å². The lowest BCUT2D eigenvalue weighted by Crippen LogP contribution is -2.18. The van der Waals surface area contributed by atoms with Gasteiger partial charge in [0.15, 0.2) is 0 Å². The highest BCUT2D eigenvalue weighted by molar-refractivity contribution is 6.33. The summed E-state index contributed by atoms with van der Waals surface area (Å²) >= 11 is 5.82. The maximum Gasteiger partial charge on any atom is 0.273 e. The fourth-order valence-electron chi connectivity index (χ4n) is 1.80. The Bertz CT molecular complexity index is 788. The molecule has 0 aliphatic rings. The number of carbonyl (C=O) groups is 1. The van der Waals surface area contributed by atoms with Crippen molar-refractivity contribution in [2.75, 3.05) is 0 Å². The maximum absolute atomic E-state index is 13.5. The number of aryl methyl sites for hydroxylation is 1. The van der Waals surface area contributed by atoms with Gasteiger partial charge in [0, 0.05) is 22.8 Å². The van der Waals surface area contributed by atoms with Gasteiger partial charge in [0.2, 0.25) is 0 Å². The van der Waals surface area contributed by atoms with E-state index in [9.17, 15) is 19.3 Å². The van der Waals surface area contributed by atoms with Crippen LogP contribution in [0.15, 0.2) is 41.5 Å². The first kappa shape index (κ1) is 16.6. The van der Waals surface area contributed by atoms with Crippen molar-refractivity contribution in [2.45, 2.75) is 6.92 Å². The smallest absolute Gasteiger partial charge is 0.267 e. The first-order chi connectivity index (χ1) is 10.9. The molecule has 2 aromatic carbocycles. The third-order valence-corrected chi connectivity index (χ3v) is 3.36. The molecule has 0 fully saturated rings. The van der Waals surface area contributed by atoms with Crippen molar-refractivity contribution in [3.63, 3.8) is 0 Å². The van der Waals surface area contributed by atoms with Crippen molar-refractivity contribution in [2.24, 2.45) is 5.10 Å². The number of hydrogen-bond donors (Lipinski definition) is 1. The third-order valence-electron chi connectivity index (χ3n) is 3.03. The van der Waals surface area contributed by atoms with Crippen LogP contribution in [0.25, 0.3) is 0 Å². The van der Waals surface area contributed by atoms with Gasteiger partial charge < -0.3 is 0 Å². The van der Waals surface area contributed by atoms with Crippen LogP contribution in [0.1, 0.15) is 21.5 Å². The van der Waals surface area contributed by atoms with Crippen LogP contribution < -0.4 is 5.43 Å². The molecule has 0 bridgehead atoms. The summed E-state index contributed by atoms with van der Waals surface area (Å²) < 4.78 is 13.5. The van der Waals surface area contributed by atoms with E-state index in [1.54, 1.807) is 6.92 Å². The first-order valence-electron chi connectivity index (χ1n) is 6.42. The first-order valence-corrected chi connectivity index (χ1v) is 6.80. The molecule has 0 aliphatic carbocycles. The highest BCUT2D eigenvalue weighted by Gasteiger charge is 2.14. The van der Waals surface area contributed by atoms with Crippen molar-refractivity contribution >= 4 is 29.4 Å². The number of amides is 1. The average molecular weight is 336 g/mol. The lowest BCUT2D eigenvalue weighted by Gasteiger charge is -2.02. The minimum atomic E-state index is -0.656. The van der Waals surface area contributed by atoms with Crippen LogP contribution in [0.5, 0.6) is 0 Å². The molecule has 0 unspecified atom stereocenters. The van der Waals surface area contributed by atoms with E-state index >= 15 is 0 Å². The monoisotopic (exact) mass is 335 g/mol.